The first kappa shape index (κ1) is 18.2. The van der Waals surface area contributed by atoms with E-state index in [9.17, 15) is 4.79 Å². The third-order valence-corrected chi connectivity index (χ3v) is 4.74. The molecule has 0 aliphatic carbocycles. The van der Waals surface area contributed by atoms with Crippen molar-refractivity contribution in [2.24, 2.45) is 0 Å². The first-order valence-electron chi connectivity index (χ1n) is 7.95. The molecule has 0 spiro atoms. The molecule has 1 amide bonds. The largest absolute Gasteiger partial charge is 0.325 e. The molecule has 2 aromatic carbocycles. The maximum Gasteiger partial charge on any atom is 0.234 e. The number of carbonyl (C=O) groups excluding carboxylic acids is 1. The van der Waals surface area contributed by atoms with Gasteiger partial charge in [-0.2, -0.15) is 0 Å². The van der Waals surface area contributed by atoms with Gasteiger partial charge in [0.05, 0.1) is 5.75 Å². The van der Waals surface area contributed by atoms with Gasteiger partial charge < -0.3 is 5.32 Å². The Balaban J connectivity index is 1.69. The molecular weight excluding hydrogens is 368 g/mol. The van der Waals surface area contributed by atoms with E-state index >= 15 is 0 Å². The fraction of sp³-hybridized carbons (Fsp3) is 0.105. The minimum absolute atomic E-state index is 0.119. The van der Waals surface area contributed by atoms with Crippen molar-refractivity contribution in [3.8, 4) is 11.4 Å². The molecule has 0 radical (unpaired) electrons. The van der Waals surface area contributed by atoms with Gasteiger partial charge in [-0.1, -0.05) is 59.8 Å². The molecule has 0 saturated carbocycles. The van der Waals surface area contributed by atoms with E-state index in [0.717, 1.165) is 11.4 Å². The molecule has 0 unspecified atom stereocenters. The van der Waals surface area contributed by atoms with Gasteiger partial charge >= 0.3 is 0 Å². The molecular formula is C19H17ClN4OS. The smallest absolute Gasteiger partial charge is 0.234 e. The first-order valence-corrected chi connectivity index (χ1v) is 9.31. The summed E-state index contributed by atoms with van der Waals surface area (Å²) in [6.07, 6.45) is 1.79. The number of thioether (sulfide) groups is 1. The lowest BCUT2D eigenvalue weighted by Gasteiger charge is -2.08. The normalized spacial score (nSPS) is 10.5. The number of nitrogens with one attached hydrogen (secondary N) is 1. The summed E-state index contributed by atoms with van der Waals surface area (Å²) >= 11 is 7.18. The fourth-order valence-electron chi connectivity index (χ4n) is 2.35. The van der Waals surface area contributed by atoms with Crippen LogP contribution in [-0.4, -0.2) is 26.4 Å². The highest BCUT2D eigenvalue weighted by atomic mass is 35.5. The maximum absolute atomic E-state index is 12.2. The van der Waals surface area contributed by atoms with Gasteiger partial charge in [-0.3, -0.25) is 9.36 Å². The Kier molecular flexibility index (Phi) is 6.09. The highest BCUT2D eigenvalue weighted by Crippen LogP contribution is 2.24. The molecule has 3 aromatic rings. The standard InChI is InChI=1S/C19H17ClN4OS/c1-2-12-24-18(14-6-4-3-5-7-14)22-23-19(24)26-13-17(25)21-16-10-8-15(20)9-11-16/h2-11H,1,12-13H2,(H,21,25). The van der Waals surface area contributed by atoms with Crippen molar-refractivity contribution in [3.63, 3.8) is 0 Å². The lowest BCUT2D eigenvalue weighted by Crippen LogP contribution is -2.14. The van der Waals surface area contributed by atoms with Crippen molar-refractivity contribution >= 4 is 35.0 Å². The third-order valence-electron chi connectivity index (χ3n) is 3.52. The van der Waals surface area contributed by atoms with Gasteiger partial charge in [0, 0.05) is 22.8 Å². The molecule has 1 heterocycles. The van der Waals surface area contributed by atoms with Crippen molar-refractivity contribution in [3.05, 3.63) is 72.3 Å². The van der Waals surface area contributed by atoms with Crippen LogP contribution in [0.4, 0.5) is 5.69 Å². The Labute approximate surface area is 161 Å². The van der Waals surface area contributed by atoms with Crippen LogP contribution in [0.3, 0.4) is 0 Å². The van der Waals surface area contributed by atoms with Gasteiger partial charge in [0.1, 0.15) is 0 Å². The van der Waals surface area contributed by atoms with E-state index in [4.69, 9.17) is 11.6 Å². The predicted octanol–water partition coefficient (Wildman–Crippen LogP) is 4.52. The molecule has 1 aromatic heterocycles. The number of halogens is 1. The van der Waals surface area contributed by atoms with E-state index in [0.29, 0.717) is 22.4 Å². The van der Waals surface area contributed by atoms with Crippen molar-refractivity contribution in [2.45, 2.75) is 11.7 Å². The summed E-state index contributed by atoms with van der Waals surface area (Å²) in [6.45, 7) is 4.36. The summed E-state index contributed by atoms with van der Waals surface area (Å²) in [5, 5.41) is 12.6. The summed E-state index contributed by atoms with van der Waals surface area (Å²) in [5.41, 5.74) is 1.68. The summed E-state index contributed by atoms with van der Waals surface area (Å²) in [6, 6.07) is 16.8. The Hall–Kier alpha value is -2.57. The number of nitrogens with zero attached hydrogens (tertiary/aromatic N) is 3. The van der Waals surface area contributed by atoms with Gasteiger partial charge in [0.25, 0.3) is 0 Å². The fourth-order valence-corrected chi connectivity index (χ4v) is 3.22. The second-order valence-corrected chi connectivity index (χ2v) is 6.79. The minimum atomic E-state index is -0.119. The number of aromatic nitrogens is 3. The average Bonchev–Trinajstić information content (AvgIpc) is 3.06. The highest BCUT2D eigenvalue weighted by Gasteiger charge is 2.14. The van der Waals surface area contributed by atoms with Crippen LogP contribution in [0.2, 0.25) is 5.02 Å². The second-order valence-electron chi connectivity index (χ2n) is 5.42. The monoisotopic (exact) mass is 384 g/mol. The van der Waals surface area contributed by atoms with E-state index in [1.165, 1.54) is 11.8 Å². The molecule has 1 N–H and O–H groups in total. The SMILES string of the molecule is C=CCn1c(SCC(=O)Nc2ccc(Cl)cc2)nnc1-c1ccccc1. The molecule has 7 heteroatoms. The Morgan fingerprint density at radius 3 is 2.58 bits per heavy atom. The van der Waals surface area contributed by atoms with Crippen LogP contribution in [0.25, 0.3) is 11.4 Å². The van der Waals surface area contributed by atoms with E-state index in [2.05, 4.69) is 22.1 Å². The van der Waals surface area contributed by atoms with Gasteiger partial charge in [-0.05, 0) is 24.3 Å². The molecule has 5 nitrogen and oxygen atoms in total. The van der Waals surface area contributed by atoms with Gasteiger partial charge in [-0.25, -0.2) is 0 Å². The molecule has 0 aliphatic heterocycles. The summed E-state index contributed by atoms with van der Waals surface area (Å²) < 4.78 is 1.95. The van der Waals surface area contributed by atoms with Crippen molar-refractivity contribution in [2.75, 3.05) is 11.1 Å². The number of anilines is 1. The van der Waals surface area contributed by atoms with E-state index < -0.39 is 0 Å². The van der Waals surface area contributed by atoms with E-state index in [-0.39, 0.29) is 11.7 Å². The maximum atomic E-state index is 12.2. The van der Waals surface area contributed by atoms with Crippen LogP contribution in [0.1, 0.15) is 0 Å². The molecule has 0 atom stereocenters. The molecule has 26 heavy (non-hydrogen) atoms. The lowest BCUT2D eigenvalue weighted by molar-refractivity contribution is -0.113. The molecule has 132 valence electrons. The van der Waals surface area contributed by atoms with Crippen molar-refractivity contribution in [1.82, 2.24) is 14.8 Å². The van der Waals surface area contributed by atoms with Crippen LogP contribution >= 0.6 is 23.4 Å². The van der Waals surface area contributed by atoms with Crippen LogP contribution in [0.5, 0.6) is 0 Å². The summed E-state index contributed by atoms with van der Waals surface area (Å²) in [5.74, 6) is 0.866. The number of hydrogen-bond acceptors (Lipinski definition) is 4. The summed E-state index contributed by atoms with van der Waals surface area (Å²) in [4.78, 5) is 12.2. The molecule has 0 saturated heterocycles. The Morgan fingerprint density at radius 1 is 1.15 bits per heavy atom. The topological polar surface area (TPSA) is 59.8 Å². The molecule has 0 fully saturated rings. The van der Waals surface area contributed by atoms with Crippen molar-refractivity contribution < 1.29 is 4.79 Å². The minimum Gasteiger partial charge on any atom is -0.325 e. The summed E-state index contributed by atoms with van der Waals surface area (Å²) in [7, 11) is 0. The number of allylic oxidation sites excluding steroid dienone is 1. The van der Waals surface area contributed by atoms with Crippen molar-refractivity contribution in [1.29, 1.82) is 0 Å². The predicted molar refractivity (Wildman–Crippen MR) is 106 cm³/mol. The number of benzene rings is 2. The number of hydrogen-bond donors (Lipinski definition) is 1. The highest BCUT2D eigenvalue weighted by molar-refractivity contribution is 7.99. The molecule has 0 aliphatic rings. The van der Waals surface area contributed by atoms with E-state index in [1.54, 1.807) is 30.3 Å². The zero-order valence-corrected chi connectivity index (χ0v) is 15.5. The van der Waals surface area contributed by atoms with E-state index in [1.807, 2.05) is 34.9 Å². The van der Waals surface area contributed by atoms with Gasteiger partial charge in [0.2, 0.25) is 5.91 Å². The van der Waals surface area contributed by atoms with Crippen LogP contribution < -0.4 is 5.32 Å². The van der Waals surface area contributed by atoms with Gasteiger partial charge in [0.15, 0.2) is 11.0 Å². The third kappa shape index (κ3) is 4.53. The second kappa shape index (κ2) is 8.69. The molecule has 3 rings (SSSR count). The number of amides is 1. The first-order chi connectivity index (χ1) is 12.7. The van der Waals surface area contributed by atoms with Gasteiger partial charge in [-0.15, -0.1) is 16.8 Å². The van der Waals surface area contributed by atoms with Crippen LogP contribution in [0, 0.1) is 0 Å². The Bertz CT molecular complexity index is 894. The van der Waals surface area contributed by atoms with Crippen LogP contribution in [0.15, 0.2) is 72.4 Å². The van der Waals surface area contributed by atoms with Crippen LogP contribution in [-0.2, 0) is 11.3 Å². The lowest BCUT2D eigenvalue weighted by atomic mass is 10.2. The number of carbonyl (C=O) groups is 1. The number of rotatable bonds is 7. The Morgan fingerprint density at radius 2 is 1.88 bits per heavy atom. The zero-order chi connectivity index (χ0) is 18.4. The molecule has 0 bridgehead atoms. The zero-order valence-electron chi connectivity index (χ0n) is 13.9. The average molecular weight is 385 g/mol. The quantitative estimate of drug-likeness (QED) is 0.480.